The number of benzene rings is 1. The summed E-state index contributed by atoms with van der Waals surface area (Å²) in [7, 11) is 0. The van der Waals surface area contributed by atoms with Crippen molar-refractivity contribution < 1.29 is 0 Å². The number of fused-ring (bicyclic) bond motifs is 2. The molecule has 0 aromatic heterocycles. The van der Waals surface area contributed by atoms with Crippen molar-refractivity contribution in [1.82, 2.24) is 4.90 Å². The van der Waals surface area contributed by atoms with E-state index in [1.165, 1.54) is 24.8 Å². The Bertz CT molecular complexity index is 532. The van der Waals surface area contributed by atoms with Crippen LogP contribution in [0.25, 0.3) is 0 Å². The largest absolute Gasteiger partial charge is 0.289 e. The molecule has 1 fully saturated rings. The van der Waals surface area contributed by atoms with Gasteiger partial charge in [-0.05, 0) is 24.8 Å². The Labute approximate surface area is 122 Å². The van der Waals surface area contributed by atoms with Crippen LogP contribution in [-0.4, -0.2) is 17.0 Å². The van der Waals surface area contributed by atoms with E-state index in [-0.39, 0.29) is 0 Å². The average molecular weight is 265 g/mol. The van der Waals surface area contributed by atoms with Crippen molar-refractivity contribution >= 4 is 0 Å². The predicted molar refractivity (Wildman–Crippen MR) is 84.2 cm³/mol. The van der Waals surface area contributed by atoms with Crippen LogP contribution in [0.1, 0.15) is 44.6 Å². The Morgan fingerprint density at radius 3 is 2.75 bits per heavy atom. The van der Waals surface area contributed by atoms with Crippen molar-refractivity contribution in [3.8, 4) is 11.8 Å². The molecule has 1 nitrogen and oxygen atoms in total. The summed E-state index contributed by atoms with van der Waals surface area (Å²) in [5.41, 5.74) is 3.01. The Balaban J connectivity index is 1.68. The van der Waals surface area contributed by atoms with Crippen molar-refractivity contribution in [2.45, 2.75) is 57.7 Å². The van der Waals surface area contributed by atoms with Gasteiger partial charge < -0.3 is 0 Å². The summed E-state index contributed by atoms with van der Waals surface area (Å²) in [6.07, 6.45) is 8.35. The fourth-order valence-corrected chi connectivity index (χ4v) is 3.48. The van der Waals surface area contributed by atoms with Crippen molar-refractivity contribution in [2.75, 3.05) is 0 Å². The fraction of sp³-hybridized carbons (Fsp3) is 0.474. The van der Waals surface area contributed by atoms with Crippen LogP contribution in [0.3, 0.4) is 0 Å². The van der Waals surface area contributed by atoms with Gasteiger partial charge in [0.25, 0.3) is 0 Å². The molecule has 2 unspecified atom stereocenters. The third kappa shape index (κ3) is 2.97. The number of hydrogen-bond donors (Lipinski definition) is 0. The Kier molecular flexibility index (Phi) is 4.23. The Morgan fingerprint density at radius 2 is 2.00 bits per heavy atom. The van der Waals surface area contributed by atoms with Crippen molar-refractivity contribution in [3.05, 3.63) is 47.5 Å². The van der Waals surface area contributed by atoms with E-state index < -0.39 is 0 Å². The highest BCUT2D eigenvalue weighted by Crippen LogP contribution is 2.36. The fourth-order valence-electron chi connectivity index (χ4n) is 3.48. The molecule has 1 saturated heterocycles. The lowest BCUT2D eigenvalue weighted by atomic mass is 9.98. The molecule has 2 bridgehead atoms. The second-order valence-electron chi connectivity index (χ2n) is 5.87. The highest BCUT2D eigenvalue weighted by molar-refractivity contribution is 5.24. The highest BCUT2D eigenvalue weighted by atomic mass is 15.2. The standard InChI is InChI=1S/C19H23N/c1-2-3-5-10-17-13-18-11-12-19(14-17)20(18)15-16-8-6-4-7-9-16/h4,6-9,13,18-19H,2,10-12,14-15H2,1H3. The third-order valence-corrected chi connectivity index (χ3v) is 4.44. The van der Waals surface area contributed by atoms with Gasteiger partial charge in [0.1, 0.15) is 0 Å². The smallest absolute Gasteiger partial charge is 0.0300 e. The molecular weight excluding hydrogens is 242 g/mol. The molecule has 0 aliphatic carbocycles. The van der Waals surface area contributed by atoms with Gasteiger partial charge in [0.2, 0.25) is 0 Å². The molecule has 2 aliphatic rings. The minimum Gasteiger partial charge on any atom is -0.289 e. The van der Waals surface area contributed by atoms with Gasteiger partial charge in [-0.1, -0.05) is 54.8 Å². The van der Waals surface area contributed by atoms with E-state index in [1.54, 1.807) is 5.57 Å². The Morgan fingerprint density at radius 1 is 1.15 bits per heavy atom. The van der Waals surface area contributed by atoms with E-state index >= 15 is 0 Å². The maximum atomic E-state index is 3.30. The molecule has 2 heterocycles. The second-order valence-corrected chi connectivity index (χ2v) is 5.87. The first-order chi connectivity index (χ1) is 9.86. The van der Waals surface area contributed by atoms with Gasteiger partial charge in [0, 0.05) is 31.5 Å². The van der Waals surface area contributed by atoms with E-state index in [4.69, 9.17) is 0 Å². The van der Waals surface area contributed by atoms with Crippen molar-refractivity contribution in [1.29, 1.82) is 0 Å². The zero-order valence-electron chi connectivity index (χ0n) is 12.3. The van der Waals surface area contributed by atoms with Crippen LogP contribution in [-0.2, 0) is 6.54 Å². The summed E-state index contributed by atoms with van der Waals surface area (Å²) in [6, 6.07) is 12.2. The van der Waals surface area contributed by atoms with Crippen molar-refractivity contribution in [3.63, 3.8) is 0 Å². The third-order valence-electron chi connectivity index (χ3n) is 4.44. The molecule has 2 atom stereocenters. The van der Waals surface area contributed by atoms with Crippen LogP contribution in [0.5, 0.6) is 0 Å². The summed E-state index contributed by atoms with van der Waals surface area (Å²) in [5.74, 6) is 6.49. The molecule has 2 aliphatic heterocycles. The molecule has 0 saturated carbocycles. The SMILES string of the molecule is CCC#CCC1=CC2CCC(C1)N2Cc1ccccc1. The number of rotatable bonds is 3. The lowest BCUT2D eigenvalue weighted by Gasteiger charge is -2.33. The maximum Gasteiger partial charge on any atom is 0.0300 e. The van der Waals surface area contributed by atoms with Crippen LogP contribution < -0.4 is 0 Å². The topological polar surface area (TPSA) is 3.24 Å². The number of nitrogens with zero attached hydrogens (tertiary/aromatic N) is 1. The van der Waals surface area contributed by atoms with E-state index in [9.17, 15) is 0 Å². The molecule has 3 rings (SSSR count). The summed E-state index contributed by atoms with van der Waals surface area (Å²) >= 11 is 0. The van der Waals surface area contributed by atoms with Crippen LogP contribution in [0.2, 0.25) is 0 Å². The molecule has 0 spiro atoms. The monoisotopic (exact) mass is 265 g/mol. The van der Waals surface area contributed by atoms with Gasteiger partial charge in [-0.25, -0.2) is 0 Å². The molecule has 1 aromatic rings. The normalized spacial score (nSPS) is 24.9. The average Bonchev–Trinajstić information content (AvgIpc) is 2.72. The van der Waals surface area contributed by atoms with Gasteiger partial charge in [-0.3, -0.25) is 4.90 Å². The van der Waals surface area contributed by atoms with Crippen LogP contribution in [0.15, 0.2) is 42.0 Å². The minimum absolute atomic E-state index is 0.646. The lowest BCUT2D eigenvalue weighted by molar-refractivity contribution is 0.195. The van der Waals surface area contributed by atoms with E-state index in [0.29, 0.717) is 6.04 Å². The highest BCUT2D eigenvalue weighted by Gasteiger charge is 2.35. The molecule has 0 N–H and O–H groups in total. The van der Waals surface area contributed by atoms with Gasteiger partial charge in [-0.2, -0.15) is 0 Å². The second kappa shape index (κ2) is 6.29. The first-order valence-corrected chi connectivity index (χ1v) is 7.81. The molecule has 0 amide bonds. The summed E-state index contributed by atoms with van der Waals surface area (Å²) < 4.78 is 0. The molecule has 20 heavy (non-hydrogen) atoms. The molecule has 0 radical (unpaired) electrons. The van der Waals surface area contributed by atoms with Crippen LogP contribution >= 0.6 is 0 Å². The van der Waals surface area contributed by atoms with E-state index in [1.807, 2.05) is 0 Å². The number of hydrogen-bond acceptors (Lipinski definition) is 1. The quantitative estimate of drug-likeness (QED) is 0.586. The van der Waals surface area contributed by atoms with Gasteiger partial charge in [0.05, 0.1) is 0 Å². The predicted octanol–water partition coefficient (Wildman–Crippen LogP) is 4.15. The molecule has 104 valence electrons. The zero-order valence-corrected chi connectivity index (χ0v) is 12.3. The summed E-state index contributed by atoms with van der Waals surface area (Å²) in [4.78, 5) is 2.69. The first-order valence-electron chi connectivity index (χ1n) is 7.81. The summed E-state index contributed by atoms with van der Waals surface area (Å²) in [5, 5.41) is 0. The van der Waals surface area contributed by atoms with Gasteiger partial charge in [0.15, 0.2) is 0 Å². The lowest BCUT2D eigenvalue weighted by Crippen LogP contribution is -2.37. The molecular formula is C19H23N. The van der Waals surface area contributed by atoms with Crippen LogP contribution in [0.4, 0.5) is 0 Å². The van der Waals surface area contributed by atoms with E-state index in [2.05, 4.69) is 60.1 Å². The van der Waals surface area contributed by atoms with Crippen molar-refractivity contribution in [2.24, 2.45) is 0 Å². The molecule has 1 heteroatoms. The zero-order chi connectivity index (χ0) is 13.8. The van der Waals surface area contributed by atoms with Gasteiger partial charge in [-0.15, -0.1) is 5.92 Å². The molecule has 1 aromatic carbocycles. The van der Waals surface area contributed by atoms with E-state index in [0.717, 1.165) is 25.4 Å². The maximum absolute atomic E-state index is 3.30. The van der Waals surface area contributed by atoms with Gasteiger partial charge >= 0.3 is 0 Å². The first kappa shape index (κ1) is 13.5. The van der Waals surface area contributed by atoms with Crippen LogP contribution in [0, 0.1) is 11.8 Å². The summed E-state index contributed by atoms with van der Waals surface area (Å²) in [6.45, 7) is 3.22. The Hall–Kier alpha value is -1.52. The minimum atomic E-state index is 0.646.